The van der Waals surface area contributed by atoms with Gasteiger partial charge < -0.3 is 0 Å². The Morgan fingerprint density at radius 2 is 1.79 bits per heavy atom. The van der Waals surface area contributed by atoms with Gasteiger partial charge in [-0.2, -0.15) is 0 Å². The highest BCUT2D eigenvalue weighted by molar-refractivity contribution is 5.66. The molecule has 0 heteroatoms. The molecule has 0 fully saturated rings. The minimum Gasteiger partial charge on any atom is -0.103 e. The normalized spacial score (nSPS) is 24.5. The molecule has 0 bridgehead atoms. The van der Waals surface area contributed by atoms with E-state index in [4.69, 9.17) is 0 Å². The van der Waals surface area contributed by atoms with Crippen LogP contribution in [-0.2, 0) is 0 Å². The molecule has 2 unspecified atom stereocenters. The number of hydrogen-bond donors (Lipinski definition) is 0. The largest absolute Gasteiger partial charge is 0.103 e. The van der Waals surface area contributed by atoms with E-state index >= 15 is 0 Å². The van der Waals surface area contributed by atoms with Crippen molar-refractivity contribution < 1.29 is 0 Å². The van der Waals surface area contributed by atoms with E-state index in [9.17, 15) is 0 Å². The third-order valence-corrected chi connectivity index (χ3v) is 5.51. The van der Waals surface area contributed by atoms with Crippen LogP contribution in [-0.4, -0.2) is 0 Å². The van der Waals surface area contributed by atoms with Crippen molar-refractivity contribution in [1.29, 1.82) is 0 Å². The molecule has 1 rings (SSSR count). The summed E-state index contributed by atoms with van der Waals surface area (Å²) in [6.45, 7) is 27.0. The fraction of sp³-hybridized carbons (Fsp3) is 0.333. The van der Waals surface area contributed by atoms with Gasteiger partial charge in [-0.1, -0.05) is 79.8 Å². The summed E-state index contributed by atoms with van der Waals surface area (Å²) in [5, 5.41) is 0. The molecule has 128 valence electrons. The SMILES string of the molecule is C=C/C=C(/C)C1=C(C)C(C)(C(C=C)CC(=C)/C(C)=C\C)/C1=C/C=C. The van der Waals surface area contributed by atoms with Crippen molar-refractivity contribution in [1.82, 2.24) is 0 Å². The zero-order chi connectivity index (χ0) is 18.5. The van der Waals surface area contributed by atoms with Gasteiger partial charge in [0.2, 0.25) is 0 Å². The highest BCUT2D eigenvalue weighted by atomic mass is 14.5. The average Bonchev–Trinajstić information content (AvgIpc) is 2.57. The number of allylic oxidation sites excluding steroid dienone is 12. The van der Waals surface area contributed by atoms with Gasteiger partial charge in [0.1, 0.15) is 0 Å². The lowest BCUT2D eigenvalue weighted by atomic mass is 9.53. The molecule has 0 amide bonds. The maximum absolute atomic E-state index is 4.27. The molecule has 24 heavy (non-hydrogen) atoms. The summed E-state index contributed by atoms with van der Waals surface area (Å²) in [4.78, 5) is 0. The summed E-state index contributed by atoms with van der Waals surface area (Å²) in [7, 11) is 0. The van der Waals surface area contributed by atoms with Crippen LogP contribution in [0.25, 0.3) is 0 Å². The first-order valence-corrected chi connectivity index (χ1v) is 8.57. The van der Waals surface area contributed by atoms with E-state index in [2.05, 4.69) is 85.2 Å². The molecule has 0 aromatic carbocycles. The molecule has 0 aliphatic heterocycles. The smallest absolute Gasteiger partial charge is 0.0211 e. The van der Waals surface area contributed by atoms with E-state index in [1.807, 2.05) is 12.2 Å². The second-order valence-electron chi connectivity index (χ2n) is 6.73. The maximum atomic E-state index is 4.27. The molecule has 0 radical (unpaired) electrons. The second kappa shape index (κ2) is 8.15. The van der Waals surface area contributed by atoms with Crippen molar-refractivity contribution in [2.45, 2.75) is 41.0 Å². The summed E-state index contributed by atoms with van der Waals surface area (Å²) in [6, 6.07) is 0. The topological polar surface area (TPSA) is 0 Å². The fourth-order valence-electron chi connectivity index (χ4n) is 3.63. The first-order chi connectivity index (χ1) is 11.3. The van der Waals surface area contributed by atoms with Gasteiger partial charge in [-0.05, 0) is 56.8 Å². The van der Waals surface area contributed by atoms with Crippen LogP contribution in [0, 0.1) is 11.3 Å². The molecule has 1 aliphatic rings. The molecular weight excluding hydrogens is 288 g/mol. The highest BCUT2D eigenvalue weighted by Gasteiger charge is 2.47. The summed E-state index contributed by atoms with van der Waals surface area (Å²) in [5.41, 5.74) is 7.73. The summed E-state index contributed by atoms with van der Waals surface area (Å²) in [6.07, 6.45) is 13.1. The number of hydrogen-bond acceptors (Lipinski definition) is 0. The standard InChI is InChI=1S/C24H32/c1-10-14-18(6)23-20(8)24(9,22(23)15-11-2)21(13-4)16-19(7)17(5)12-3/h10-15,21H,1-2,4,7,16H2,3,5-6,8-9H3/b17-12-,18-14-,22-15+. The molecule has 0 aromatic rings. The minimum absolute atomic E-state index is 0.0293. The van der Waals surface area contributed by atoms with Crippen LogP contribution in [0.1, 0.15) is 41.0 Å². The van der Waals surface area contributed by atoms with E-state index in [0.29, 0.717) is 5.92 Å². The van der Waals surface area contributed by atoms with Crippen LogP contribution in [0.5, 0.6) is 0 Å². The third kappa shape index (κ3) is 3.38. The Morgan fingerprint density at radius 3 is 2.25 bits per heavy atom. The molecule has 0 N–H and O–H groups in total. The quantitative estimate of drug-likeness (QED) is 0.325. The zero-order valence-corrected chi connectivity index (χ0v) is 16.1. The minimum atomic E-state index is -0.0293. The first kappa shape index (κ1) is 20.0. The van der Waals surface area contributed by atoms with E-state index in [0.717, 1.165) is 6.42 Å². The highest BCUT2D eigenvalue weighted by Crippen LogP contribution is 2.59. The molecule has 1 aliphatic carbocycles. The fourth-order valence-corrected chi connectivity index (χ4v) is 3.63. The molecule has 0 aromatic heterocycles. The van der Waals surface area contributed by atoms with Gasteiger partial charge >= 0.3 is 0 Å². The van der Waals surface area contributed by atoms with Crippen molar-refractivity contribution in [2.75, 3.05) is 0 Å². The van der Waals surface area contributed by atoms with Gasteiger partial charge in [-0.3, -0.25) is 0 Å². The average molecular weight is 321 g/mol. The number of rotatable bonds is 8. The van der Waals surface area contributed by atoms with Crippen molar-refractivity contribution in [2.24, 2.45) is 11.3 Å². The van der Waals surface area contributed by atoms with Gasteiger partial charge in [0, 0.05) is 5.41 Å². The Labute approximate surface area is 149 Å². The summed E-state index contributed by atoms with van der Waals surface area (Å²) >= 11 is 0. The lowest BCUT2D eigenvalue weighted by molar-refractivity contribution is 0.319. The van der Waals surface area contributed by atoms with E-state index in [-0.39, 0.29) is 5.41 Å². The van der Waals surface area contributed by atoms with Gasteiger partial charge in [0.05, 0.1) is 0 Å². The van der Waals surface area contributed by atoms with Crippen LogP contribution in [0.4, 0.5) is 0 Å². The maximum Gasteiger partial charge on any atom is 0.0211 e. The van der Waals surface area contributed by atoms with Crippen LogP contribution >= 0.6 is 0 Å². The van der Waals surface area contributed by atoms with E-state index in [1.54, 1.807) is 0 Å². The molecule has 0 saturated carbocycles. The first-order valence-electron chi connectivity index (χ1n) is 8.57. The van der Waals surface area contributed by atoms with Crippen molar-refractivity contribution >= 4 is 0 Å². The van der Waals surface area contributed by atoms with Gasteiger partial charge in [-0.25, -0.2) is 0 Å². The summed E-state index contributed by atoms with van der Waals surface area (Å²) in [5.74, 6) is 0.311. The van der Waals surface area contributed by atoms with Crippen LogP contribution < -0.4 is 0 Å². The lowest BCUT2D eigenvalue weighted by Gasteiger charge is -2.50. The molecule has 2 atom stereocenters. The summed E-state index contributed by atoms with van der Waals surface area (Å²) < 4.78 is 0. The Morgan fingerprint density at radius 1 is 1.17 bits per heavy atom. The van der Waals surface area contributed by atoms with Crippen LogP contribution in [0.2, 0.25) is 0 Å². The monoisotopic (exact) mass is 320 g/mol. The van der Waals surface area contributed by atoms with E-state index in [1.165, 1.54) is 33.4 Å². The van der Waals surface area contributed by atoms with Crippen molar-refractivity contribution in [3.05, 3.63) is 96.2 Å². The van der Waals surface area contributed by atoms with Crippen molar-refractivity contribution in [3.63, 3.8) is 0 Å². The molecule has 0 saturated heterocycles. The Hall–Kier alpha value is -2.08. The molecular formula is C24H32. The van der Waals surface area contributed by atoms with Gasteiger partial charge in [0.15, 0.2) is 0 Å². The molecule has 0 spiro atoms. The van der Waals surface area contributed by atoms with Gasteiger partial charge in [0.25, 0.3) is 0 Å². The lowest BCUT2D eigenvalue weighted by Crippen LogP contribution is -2.39. The van der Waals surface area contributed by atoms with E-state index < -0.39 is 0 Å². The predicted octanol–water partition coefficient (Wildman–Crippen LogP) is 7.28. The third-order valence-electron chi connectivity index (χ3n) is 5.51. The van der Waals surface area contributed by atoms with Crippen molar-refractivity contribution in [3.8, 4) is 0 Å². The predicted molar refractivity (Wildman–Crippen MR) is 110 cm³/mol. The zero-order valence-electron chi connectivity index (χ0n) is 16.1. The Bertz CT molecular complexity index is 673. The Balaban J connectivity index is 3.37. The van der Waals surface area contributed by atoms with Crippen LogP contribution in [0.3, 0.4) is 0 Å². The second-order valence-corrected chi connectivity index (χ2v) is 6.73. The molecule has 0 heterocycles. The van der Waals surface area contributed by atoms with Crippen LogP contribution in [0.15, 0.2) is 96.2 Å². The Kier molecular flexibility index (Phi) is 6.78. The molecule has 0 nitrogen and oxygen atoms in total. The van der Waals surface area contributed by atoms with Gasteiger partial charge in [-0.15, -0.1) is 6.58 Å².